The maximum absolute atomic E-state index is 13.4. The summed E-state index contributed by atoms with van der Waals surface area (Å²) in [6, 6.07) is 21.2. The van der Waals surface area contributed by atoms with Gasteiger partial charge in [-0.25, -0.2) is 4.39 Å². The van der Waals surface area contributed by atoms with Crippen molar-refractivity contribution in [3.63, 3.8) is 0 Å². The van der Waals surface area contributed by atoms with Crippen molar-refractivity contribution in [1.82, 2.24) is 14.8 Å². The minimum atomic E-state index is -0.240. The summed E-state index contributed by atoms with van der Waals surface area (Å²) in [4.78, 5) is 4.15. The monoisotopic (exact) mass is 385 g/mol. The van der Waals surface area contributed by atoms with Crippen LogP contribution in [-0.2, 0) is 19.9 Å². The minimum absolute atomic E-state index is 0.240. The smallest absolute Gasteiger partial charge is 0.123 e. The van der Waals surface area contributed by atoms with Crippen molar-refractivity contribution in [2.45, 2.75) is 25.7 Å². The van der Waals surface area contributed by atoms with Crippen LogP contribution in [0, 0.1) is 5.82 Å². The van der Waals surface area contributed by atoms with E-state index in [1.54, 1.807) is 24.5 Å². The van der Waals surface area contributed by atoms with E-state index < -0.39 is 0 Å². The molecule has 0 radical (unpaired) electrons. The molecule has 0 saturated heterocycles. The number of hydrogen-bond acceptors (Lipinski definition) is 2. The second-order valence-corrected chi connectivity index (χ2v) is 7.23. The molecule has 0 atom stereocenters. The average Bonchev–Trinajstić information content (AvgIpc) is 3.09. The summed E-state index contributed by atoms with van der Waals surface area (Å²) in [5, 5.41) is 4.80. The zero-order valence-corrected chi connectivity index (χ0v) is 16.6. The molecule has 2 aromatic carbocycles. The third-order valence-corrected chi connectivity index (χ3v) is 5.22. The Balaban J connectivity index is 1.61. The molecule has 4 aromatic rings. The Bertz CT molecular complexity index is 1050. The molecule has 2 aromatic heterocycles. The van der Waals surface area contributed by atoms with E-state index >= 15 is 0 Å². The highest BCUT2D eigenvalue weighted by molar-refractivity contribution is 5.82. The number of pyridine rings is 1. The Morgan fingerprint density at radius 1 is 0.793 bits per heavy atom. The van der Waals surface area contributed by atoms with Gasteiger partial charge in [0.2, 0.25) is 0 Å². The van der Waals surface area contributed by atoms with Crippen molar-refractivity contribution in [3.8, 4) is 22.4 Å². The summed E-state index contributed by atoms with van der Waals surface area (Å²) in [5.41, 5.74) is 6.58. The molecule has 0 fully saturated rings. The van der Waals surface area contributed by atoms with Crippen LogP contribution in [-0.4, -0.2) is 14.8 Å². The van der Waals surface area contributed by atoms with Crippen molar-refractivity contribution in [2.24, 2.45) is 7.05 Å². The van der Waals surface area contributed by atoms with Gasteiger partial charge in [0, 0.05) is 36.3 Å². The maximum Gasteiger partial charge on any atom is 0.123 e. The zero-order valence-electron chi connectivity index (χ0n) is 16.6. The third kappa shape index (κ3) is 4.43. The van der Waals surface area contributed by atoms with Gasteiger partial charge in [-0.05, 0) is 73.2 Å². The first-order valence-corrected chi connectivity index (χ1v) is 9.98. The highest BCUT2D eigenvalue weighted by Gasteiger charge is 2.19. The summed E-state index contributed by atoms with van der Waals surface area (Å²) >= 11 is 0. The second kappa shape index (κ2) is 8.82. The molecule has 0 aliphatic carbocycles. The van der Waals surface area contributed by atoms with E-state index in [1.807, 2.05) is 23.9 Å². The van der Waals surface area contributed by atoms with Crippen LogP contribution >= 0.6 is 0 Å². The molecule has 3 nitrogen and oxygen atoms in total. The molecule has 0 bridgehead atoms. The van der Waals surface area contributed by atoms with Crippen molar-refractivity contribution >= 4 is 0 Å². The summed E-state index contributed by atoms with van der Waals surface area (Å²) < 4.78 is 15.4. The van der Waals surface area contributed by atoms with Crippen LogP contribution < -0.4 is 0 Å². The Labute approximate surface area is 170 Å². The minimum Gasteiger partial charge on any atom is -0.271 e. The lowest BCUT2D eigenvalue weighted by molar-refractivity contribution is 0.628. The van der Waals surface area contributed by atoms with Gasteiger partial charge in [-0.1, -0.05) is 30.3 Å². The fourth-order valence-corrected chi connectivity index (χ4v) is 3.74. The molecule has 0 spiro atoms. The topological polar surface area (TPSA) is 30.7 Å². The predicted molar refractivity (Wildman–Crippen MR) is 115 cm³/mol. The van der Waals surface area contributed by atoms with Crippen LogP contribution in [0.5, 0.6) is 0 Å². The molecule has 4 rings (SSSR count). The molecule has 29 heavy (non-hydrogen) atoms. The Kier molecular flexibility index (Phi) is 5.80. The first-order chi connectivity index (χ1) is 14.2. The van der Waals surface area contributed by atoms with Crippen LogP contribution in [0.4, 0.5) is 4.39 Å². The second-order valence-electron chi connectivity index (χ2n) is 7.23. The van der Waals surface area contributed by atoms with E-state index in [4.69, 9.17) is 5.10 Å². The zero-order chi connectivity index (χ0) is 20.1. The molecule has 0 saturated carbocycles. The van der Waals surface area contributed by atoms with E-state index in [0.717, 1.165) is 48.1 Å². The van der Waals surface area contributed by atoms with Gasteiger partial charge in [-0.15, -0.1) is 0 Å². The molecular formula is C25H24FN3. The third-order valence-electron chi connectivity index (χ3n) is 5.22. The van der Waals surface area contributed by atoms with Gasteiger partial charge in [0.25, 0.3) is 0 Å². The summed E-state index contributed by atoms with van der Waals surface area (Å²) in [6.07, 6.45) is 7.82. The lowest BCUT2D eigenvalue weighted by Gasteiger charge is -2.08. The van der Waals surface area contributed by atoms with Crippen LogP contribution in [0.1, 0.15) is 24.1 Å². The largest absolute Gasteiger partial charge is 0.271 e. The van der Waals surface area contributed by atoms with Crippen LogP contribution in [0.15, 0.2) is 79.1 Å². The molecular weight excluding hydrogens is 361 g/mol. The maximum atomic E-state index is 13.4. The molecule has 146 valence electrons. The standard InChI is InChI=1S/C25H24FN3/c1-29-23(10-6-5-9-19-7-3-2-4-8-19)24(20-15-17-27-18-16-20)25(28-29)21-11-13-22(26)14-12-21/h2-4,7-8,11-18H,5-6,9-10H2,1H3. The highest BCUT2D eigenvalue weighted by atomic mass is 19.1. The molecule has 4 heteroatoms. The number of nitrogens with zero attached hydrogens (tertiary/aromatic N) is 3. The Hall–Kier alpha value is -3.27. The molecule has 0 unspecified atom stereocenters. The van der Waals surface area contributed by atoms with Crippen molar-refractivity contribution < 1.29 is 4.39 Å². The highest BCUT2D eigenvalue weighted by Crippen LogP contribution is 2.35. The number of aromatic nitrogens is 3. The van der Waals surface area contributed by atoms with Gasteiger partial charge in [-0.2, -0.15) is 5.10 Å². The average molecular weight is 385 g/mol. The Morgan fingerprint density at radius 3 is 2.21 bits per heavy atom. The predicted octanol–water partition coefficient (Wildman–Crippen LogP) is 5.85. The number of hydrogen-bond donors (Lipinski definition) is 0. The fraction of sp³-hybridized carbons (Fsp3) is 0.200. The lowest BCUT2D eigenvalue weighted by atomic mass is 9.97. The van der Waals surface area contributed by atoms with E-state index in [0.29, 0.717) is 0 Å². The van der Waals surface area contributed by atoms with Crippen LogP contribution in [0.2, 0.25) is 0 Å². The van der Waals surface area contributed by atoms with Crippen molar-refractivity contribution in [2.75, 3.05) is 0 Å². The molecule has 0 aliphatic heterocycles. The van der Waals surface area contributed by atoms with Crippen LogP contribution in [0.25, 0.3) is 22.4 Å². The van der Waals surface area contributed by atoms with Gasteiger partial charge in [0.05, 0.1) is 0 Å². The quantitative estimate of drug-likeness (QED) is 0.373. The lowest BCUT2D eigenvalue weighted by Crippen LogP contribution is -2.00. The molecule has 2 heterocycles. The van der Waals surface area contributed by atoms with E-state index in [-0.39, 0.29) is 5.82 Å². The van der Waals surface area contributed by atoms with E-state index in [2.05, 4.69) is 35.3 Å². The van der Waals surface area contributed by atoms with Gasteiger partial charge in [0.1, 0.15) is 11.5 Å². The van der Waals surface area contributed by atoms with Gasteiger partial charge >= 0.3 is 0 Å². The number of benzene rings is 2. The fourth-order valence-electron chi connectivity index (χ4n) is 3.74. The number of unbranched alkanes of at least 4 members (excludes halogenated alkanes) is 1. The molecule has 0 N–H and O–H groups in total. The number of halogens is 1. The molecule has 0 amide bonds. The number of aryl methyl sites for hydroxylation is 2. The van der Waals surface area contributed by atoms with Gasteiger partial charge in [0.15, 0.2) is 0 Å². The summed E-state index contributed by atoms with van der Waals surface area (Å²) in [5.74, 6) is -0.240. The summed E-state index contributed by atoms with van der Waals surface area (Å²) in [6.45, 7) is 0. The van der Waals surface area contributed by atoms with E-state index in [9.17, 15) is 4.39 Å². The van der Waals surface area contributed by atoms with Crippen molar-refractivity contribution in [3.05, 3.63) is 96.2 Å². The first-order valence-electron chi connectivity index (χ1n) is 9.98. The van der Waals surface area contributed by atoms with E-state index in [1.165, 1.54) is 23.4 Å². The first kappa shape index (κ1) is 19.1. The molecule has 0 aliphatic rings. The number of rotatable bonds is 7. The van der Waals surface area contributed by atoms with Crippen molar-refractivity contribution in [1.29, 1.82) is 0 Å². The van der Waals surface area contributed by atoms with Gasteiger partial charge in [-0.3, -0.25) is 9.67 Å². The van der Waals surface area contributed by atoms with Crippen LogP contribution in [0.3, 0.4) is 0 Å². The summed E-state index contributed by atoms with van der Waals surface area (Å²) in [7, 11) is 1.99. The Morgan fingerprint density at radius 2 is 1.48 bits per heavy atom. The normalized spacial score (nSPS) is 11.0. The SMILES string of the molecule is Cn1nc(-c2ccc(F)cc2)c(-c2ccncc2)c1CCCCc1ccccc1. The van der Waals surface area contributed by atoms with Gasteiger partial charge < -0.3 is 0 Å².